The SMILES string of the molecule is CS(=O)(=O)NCC1CCN(C(=O)C(O)Cc2ccccc2Cl)CC1. The Hall–Kier alpha value is -1.15. The molecule has 2 rings (SSSR count). The van der Waals surface area contributed by atoms with E-state index in [4.69, 9.17) is 11.6 Å². The minimum absolute atomic E-state index is 0.189. The van der Waals surface area contributed by atoms with E-state index in [2.05, 4.69) is 4.72 Å². The fourth-order valence-electron chi connectivity index (χ4n) is 2.80. The number of carbonyl (C=O) groups excluding carboxylic acids is 1. The lowest BCUT2D eigenvalue weighted by Crippen LogP contribution is -2.46. The highest BCUT2D eigenvalue weighted by atomic mass is 35.5. The second kappa shape index (κ2) is 8.29. The van der Waals surface area contributed by atoms with Gasteiger partial charge in [0.15, 0.2) is 0 Å². The molecule has 1 amide bonds. The van der Waals surface area contributed by atoms with Crippen molar-refractivity contribution in [3.63, 3.8) is 0 Å². The first-order chi connectivity index (χ1) is 11.3. The van der Waals surface area contributed by atoms with Crippen LogP contribution in [0.15, 0.2) is 24.3 Å². The predicted molar refractivity (Wildman–Crippen MR) is 93.3 cm³/mol. The molecule has 1 fully saturated rings. The molecule has 1 aromatic rings. The van der Waals surface area contributed by atoms with E-state index in [1.54, 1.807) is 23.1 Å². The van der Waals surface area contributed by atoms with Crippen LogP contribution in [0.4, 0.5) is 0 Å². The lowest BCUT2D eigenvalue weighted by molar-refractivity contribution is -0.141. The smallest absolute Gasteiger partial charge is 0.251 e. The zero-order valence-corrected chi connectivity index (χ0v) is 15.2. The van der Waals surface area contributed by atoms with E-state index in [-0.39, 0.29) is 18.2 Å². The maximum absolute atomic E-state index is 12.4. The molecule has 1 aromatic carbocycles. The van der Waals surface area contributed by atoms with Crippen molar-refractivity contribution in [3.05, 3.63) is 34.9 Å². The molecule has 6 nitrogen and oxygen atoms in total. The minimum Gasteiger partial charge on any atom is -0.383 e. The standard InChI is InChI=1S/C16H23ClN2O4S/c1-24(22,23)18-11-12-6-8-19(9-7-12)16(21)15(20)10-13-4-2-3-5-14(13)17/h2-5,12,15,18,20H,6-11H2,1H3. The number of hydrogen-bond acceptors (Lipinski definition) is 4. The summed E-state index contributed by atoms with van der Waals surface area (Å²) < 4.78 is 24.7. The largest absolute Gasteiger partial charge is 0.383 e. The molecule has 8 heteroatoms. The van der Waals surface area contributed by atoms with Crippen molar-refractivity contribution in [1.82, 2.24) is 9.62 Å². The van der Waals surface area contributed by atoms with Crippen molar-refractivity contribution in [2.24, 2.45) is 5.92 Å². The number of hydrogen-bond donors (Lipinski definition) is 2. The highest BCUT2D eigenvalue weighted by Crippen LogP contribution is 2.20. The normalized spacial score (nSPS) is 17.7. The highest BCUT2D eigenvalue weighted by Gasteiger charge is 2.27. The van der Waals surface area contributed by atoms with Gasteiger partial charge in [0.25, 0.3) is 5.91 Å². The molecule has 1 aliphatic heterocycles. The summed E-state index contributed by atoms with van der Waals surface area (Å²) in [4.78, 5) is 14.0. The van der Waals surface area contributed by atoms with Gasteiger partial charge in [0.05, 0.1) is 6.26 Å². The number of likely N-dealkylation sites (tertiary alicyclic amines) is 1. The Morgan fingerprint density at radius 2 is 2.00 bits per heavy atom. The third kappa shape index (κ3) is 5.73. The number of amides is 1. The van der Waals surface area contributed by atoms with E-state index in [9.17, 15) is 18.3 Å². The van der Waals surface area contributed by atoms with Crippen LogP contribution in [0.5, 0.6) is 0 Å². The maximum Gasteiger partial charge on any atom is 0.251 e. The Bertz CT molecular complexity index is 672. The second-order valence-electron chi connectivity index (χ2n) is 6.20. The van der Waals surface area contributed by atoms with E-state index < -0.39 is 16.1 Å². The van der Waals surface area contributed by atoms with Gasteiger partial charge in [-0.2, -0.15) is 0 Å². The molecular formula is C16H23ClN2O4S. The molecule has 2 N–H and O–H groups in total. The Balaban J connectivity index is 1.83. The van der Waals surface area contributed by atoms with Crippen LogP contribution in [-0.2, 0) is 21.2 Å². The summed E-state index contributed by atoms with van der Waals surface area (Å²) >= 11 is 6.06. The van der Waals surface area contributed by atoms with Gasteiger partial charge in [-0.05, 0) is 30.4 Å². The minimum atomic E-state index is -3.19. The Labute approximate surface area is 147 Å². The number of piperidine rings is 1. The van der Waals surface area contributed by atoms with Gasteiger partial charge in [0.1, 0.15) is 6.10 Å². The van der Waals surface area contributed by atoms with Gasteiger partial charge in [-0.1, -0.05) is 29.8 Å². The molecule has 1 saturated heterocycles. The summed E-state index contributed by atoms with van der Waals surface area (Å²) in [5, 5.41) is 10.7. The maximum atomic E-state index is 12.4. The summed E-state index contributed by atoms with van der Waals surface area (Å²) in [5.74, 6) is -0.0890. The van der Waals surface area contributed by atoms with Crippen molar-refractivity contribution < 1.29 is 18.3 Å². The number of aliphatic hydroxyl groups is 1. The van der Waals surface area contributed by atoms with Crippen molar-refractivity contribution in [2.45, 2.75) is 25.4 Å². The van der Waals surface area contributed by atoms with Crippen molar-refractivity contribution in [3.8, 4) is 0 Å². The first-order valence-electron chi connectivity index (χ1n) is 7.91. The summed E-state index contributed by atoms with van der Waals surface area (Å²) in [7, 11) is -3.19. The third-order valence-electron chi connectivity index (χ3n) is 4.22. The predicted octanol–water partition coefficient (Wildman–Crippen LogP) is 1.03. The van der Waals surface area contributed by atoms with Gasteiger partial charge in [-0.3, -0.25) is 4.79 Å². The quantitative estimate of drug-likeness (QED) is 0.778. The molecule has 24 heavy (non-hydrogen) atoms. The lowest BCUT2D eigenvalue weighted by atomic mass is 9.96. The fourth-order valence-corrected chi connectivity index (χ4v) is 3.55. The number of aliphatic hydroxyl groups excluding tert-OH is 1. The summed E-state index contributed by atoms with van der Waals surface area (Å²) in [6.07, 6.45) is 1.64. The molecule has 0 saturated carbocycles. The Morgan fingerprint density at radius 1 is 1.38 bits per heavy atom. The molecular weight excluding hydrogens is 352 g/mol. The van der Waals surface area contributed by atoms with Gasteiger partial charge in [-0.25, -0.2) is 13.1 Å². The topological polar surface area (TPSA) is 86.7 Å². The Morgan fingerprint density at radius 3 is 2.58 bits per heavy atom. The van der Waals surface area contributed by atoms with Crippen LogP contribution in [-0.4, -0.2) is 56.3 Å². The molecule has 0 aliphatic carbocycles. The van der Waals surface area contributed by atoms with Crippen LogP contribution in [0, 0.1) is 5.92 Å². The number of halogens is 1. The highest BCUT2D eigenvalue weighted by molar-refractivity contribution is 7.88. The molecule has 0 aromatic heterocycles. The van der Waals surface area contributed by atoms with Gasteiger partial charge < -0.3 is 10.0 Å². The zero-order chi connectivity index (χ0) is 17.7. The molecule has 134 valence electrons. The van der Waals surface area contributed by atoms with E-state index in [1.807, 2.05) is 6.07 Å². The molecule has 1 atom stereocenters. The summed E-state index contributed by atoms with van der Waals surface area (Å²) in [6, 6.07) is 7.14. The van der Waals surface area contributed by atoms with Crippen molar-refractivity contribution in [1.29, 1.82) is 0 Å². The number of nitrogens with zero attached hydrogens (tertiary/aromatic N) is 1. The van der Waals surface area contributed by atoms with Crippen LogP contribution < -0.4 is 4.72 Å². The summed E-state index contributed by atoms with van der Waals surface area (Å²) in [6.45, 7) is 1.44. The molecule has 0 bridgehead atoms. The molecule has 0 radical (unpaired) electrons. The van der Waals surface area contributed by atoms with E-state index in [0.717, 1.165) is 11.8 Å². The van der Waals surface area contributed by atoms with Crippen molar-refractivity contribution in [2.75, 3.05) is 25.9 Å². The number of nitrogens with one attached hydrogen (secondary N) is 1. The number of carbonyl (C=O) groups is 1. The monoisotopic (exact) mass is 374 g/mol. The van der Waals surface area contributed by atoms with Gasteiger partial charge in [0.2, 0.25) is 10.0 Å². The van der Waals surface area contributed by atoms with Gasteiger partial charge in [-0.15, -0.1) is 0 Å². The van der Waals surface area contributed by atoms with Crippen LogP contribution in [0.2, 0.25) is 5.02 Å². The average Bonchev–Trinajstić information content (AvgIpc) is 2.54. The number of sulfonamides is 1. The van der Waals surface area contributed by atoms with Crippen LogP contribution in [0.25, 0.3) is 0 Å². The second-order valence-corrected chi connectivity index (χ2v) is 8.44. The third-order valence-corrected chi connectivity index (χ3v) is 5.28. The summed E-state index contributed by atoms with van der Waals surface area (Å²) in [5.41, 5.74) is 0.743. The molecule has 0 spiro atoms. The molecule has 1 heterocycles. The van der Waals surface area contributed by atoms with Crippen LogP contribution in [0.3, 0.4) is 0 Å². The Kier molecular flexibility index (Phi) is 6.62. The first-order valence-corrected chi connectivity index (χ1v) is 10.2. The van der Waals surface area contributed by atoms with Crippen molar-refractivity contribution >= 4 is 27.5 Å². The van der Waals surface area contributed by atoms with E-state index >= 15 is 0 Å². The zero-order valence-electron chi connectivity index (χ0n) is 13.6. The van der Waals surface area contributed by atoms with E-state index in [0.29, 0.717) is 37.5 Å². The average molecular weight is 375 g/mol. The van der Waals surface area contributed by atoms with Gasteiger partial charge >= 0.3 is 0 Å². The number of rotatable bonds is 6. The first kappa shape index (κ1) is 19.2. The lowest BCUT2D eigenvalue weighted by Gasteiger charge is -2.33. The van der Waals surface area contributed by atoms with E-state index in [1.165, 1.54) is 0 Å². The molecule has 1 aliphatic rings. The number of benzene rings is 1. The molecule has 1 unspecified atom stereocenters. The van der Waals surface area contributed by atoms with Crippen LogP contribution in [0.1, 0.15) is 18.4 Å². The fraction of sp³-hybridized carbons (Fsp3) is 0.562. The van der Waals surface area contributed by atoms with Crippen LogP contribution >= 0.6 is 11.6 Å². The van der Waals surface area contributed by atoms with Gasteiger partial charge in [0, 0.05) is 31.1 Å².